The number of carbonyl (C=O) groups is 3. The van der Waals surface area contributed by atoms with Gasteiger partial charge in [0.05, 0.1) is 46.3 Å². The van der Waals surface area contributed by atoms with E-state index in [1.807, 2.05) is 0 Å². The molecule has 0 unspecified atom stereocenters. The summed E-state index contributed by atoms with van der Waals surface area (Å²) in [6, 6.07) is 4.51. The van der Waals surface area contributed by atoms with Gasteiger partial charge in [-0.25, -0.2) is 9.97 Å². The zero-order valence-electron chi connectivity index (χ0n) is 23.9. The maximum absolute atomic E-state index is 13.8. The highest BCUT2D eigenvalue weighted by molar-refractivity contribution is 6.36. The fourth-order valence-electron chi connectivity index (χ4n) is 4.25. The maximum Gasteiger partial charge on any atom is 0.435 e. The number of benzene rings is 1. The Balaban J connectivity index is 1.52. The van der Waals surface area contributed by atoms with E-state index >= 15 is 0 Å². The van der Waals surface area contributed by atoms with E-state index in [9.17, 15) is 27.6 Å². The van der Waals surface area contributed by atoms with Gasteiger partial charge in [0.15, 0.2) is 22.9 Å². The van der Waals surface area contributed by atoms with Crippen LogP contribution < -0.4 is 31.7 Å². The van der Waals surface area contributed by atoms with E-state index < -0.39 is 24.3 Å². The largest absolute Gasteiger partial charge is 0.435 e. The predicted molar refractivity (Wildman–Crippen MR) is 158 cm³/mol. The summed E-state index contributed by atoms with van der Waals surface area (Å²) in [4.78, 5) is 44.3. The molecule has 6 N–H and O–H groups in total. The number of rotatable bonds is 15. The molecule has 0 saturated carbocycles. The van der Waals surface area contributed by atoms with Gasteiger partial charge in [-0.05, 0) is 25.1 Å². The lowest BCUT2D eigenvalue weighted by Gasteiger charge is -2.15. The van der Waals surface area contributed by atoms with Gasteiger partial charge >= 0.3 is 6.18 Å². The molecule has 3 aromatic heterocycles. The molecule has 242 valence electrons. The Morgan fingerprint density at radius 3 is 2.70 bits per heavy atom. The molecule has 0 aliphatic rings. The molecule has 0 saturated heterocycles. The zero-order valence-corrected chi connectivity index (χ0v) is 24.7. The first kappa shape index (κ1) is 33.6. The second-order valence-electron chi connectivity index (χ2n) is 9.43. The molecule has 4 aromatic rings. The van der Waals surface area contributed by atoms with Gasteiger partial charge in [-0.2, -0.15) is 23.5 Å². The second kappa shape index (κ2) is 15.2. The molecule has 2 amide bonds. The van der Waals surface area contributed by atoms with Crippen LogP contribution in [0, 0.1) is 11.3 Å². The minimum Gasteiger partial charge on any atom is -0.425 e. The summed E-state index contributed by atoms with van der Waals surface area (Å²) in [5, 5.41) is 23.3. The van der Waals surface area contributed by atoms with Crippen LogP contribution in [-0.4, -0.2) is 75.2 Å². The molecule has 46 heavy (non-hydrogen) atoms. The van der Waals surface area contributed by atoms with Crippen molar-refractivity contribution in [3.05, 3.63) is 53.2 Å². The number of nitriles is 1. The number of anilines is 2. The van der Waals surface area contributed by atoms with Crippen LogP contribution >= 0.6 is 11.6 Å². The Morgan fingerprint density at radius 2 is 1.98 bits per heavy atom. The first-order valence-corrected chi connectivity index (χ1v) is 14.0. The summed E-state index contributed by atoms with van der Waals surface area (Å²) in [6.45, 7) is 1.11. The molecule has 0 aliphatic carbocycles. The lowest BCUT2D eigenvalue weighted by Crippen LogP contribution is -2.38. The lowest BCUT2D eigenvalue weighted by molar-refractivity contribution is -0.141. The first-order valence-electron chi connectivity index (χ1n) is 13.6. The molecular formula is C27H27ClF3N11O4. The SMILES string of the molecule is N#CCn1cc(-c2cnc3c(Nc4ccc(C(=O)NCCNCC(=O)NCCCN)c(Cl)c4OC=O)nccn23)c(C(F)(F)F)n1. The number of fused-ring (bicyclic) bond motifs is 1. The smallest absolute Gasteiger partial charge is 0.425 e. The topological polar surface area (TPSA) is 206 Å². The first-order chi connectivity index (χ1) is 22.1. The Morgan fingerprint density at radius 1 is 1.17 bits per heavy atom. The van der Waals surface area contributed by atoms with Crippen LogP contribution in [0.3, 0.4) is 0 Å². The fourth-order valence-corrected chi connectivity index (χ4v) is 4.55. The van der Waals surface area contributed by atoms with Crippen LogP contribution in [-0.2, 0) is 22.3 Å². The number of nitrogens with one attached hydrogen (secondary N) is 4. The minimum absolute atomic E-state index is 0.0214. The van der Waals surface area contributed by atoms with Gasteiger partial charge in [-0.3, -0.25) is 23.5 Å². The predicted octanol–water partition coefficient (Wildman–Crippen LogP) is 1.85. The second-order valence-corrected chi connectivity index (χ2v) is 9.80. The van der Waals surface area contributed by atoms with Gasteiger partial charge in [0, 0.05) is 38.2 Å². The number of imidazole rings is 1. The normalized spacial score (nSPS) is 11.2. The Bertz CT molecular complexity index is 1770. The van der Waals surface area contributed by atoms with Crippen molar-refractivity contribution in [1.82, 2.24) is 40.1 Å². The van der Waals surface area contributed by atoms with Crippen molar-refractivity contribution in [3.8, 4) is 23.1 Å². The quantitative estimate of drug-likeness (QED) is 0.0918. The Kier molecular flexibility index (Phi) is 11.1. The number of hydrogen-bond acceptors (Lipinski definition) is 11. The van der Waals surface area contributed by atoms with Gasteiger partial charge < -0.3 is 31.7 Å². The summed E-state index contributed by atoms with van der Waals surface area (Å²) < 4.78 is 48.6. The summed E-state index contributed by atoms with van der Waals surface area (Å²) in [5.74, 6) is -0.966. The van der Waals surface area contributed by atoms with E-state index in [0.29, 0.717) is 19.5 Å². The van der Waals surface area contributed by atoms with Gasteiger partial charge in [-0.1, -0.05) is 11.6 Å². The average molecular weight is 662 g/mol. The van der Waals surface area contributed by atoms with Crippen LogP contribution in [0.4, 0.5) is 24.7 Å². The van der Waals surface area contributed by atoms with Gasteiger partial charge in [0.1, 0.15) is 6.54 Å². The van der Waals surface area contributed by atoms with Crippen LogP contribution in [0.15, 0.2) is 36.9 Å². The number of amides is 2. The third-order valence-electron chi connectivity index (χ3n) is 6.30. The van der Waals surface area contributed by atoms with Crippen LogP contribution in [0.2, 0.25) is 5.02 Å². The third-order valence-corrected chi connectivity index (χ3v) is 6.68. The molecule has 0 radical (unpaired) electrons. The third kappa shape index (κ3) is 7.87. The molecule has 19 heteroatoms. The van der Waals surface area contributed by atoms with Crippen molar-refractivity contribution >= 4 is 47.0 Å². The summed E-state index contributed by atoms with van der Waals surface area (Å²) in [6.07, 6.45) is 0.828. The highest BCUT2D eigenvalue weighted by Crippen LogP contribution is 2.39. The molecule has 1 aromatic carbocycles. The van der Waals surface area contributed by atoms with Crippen LogP contribution in [0.1, 0.15) is 22.5 Å². The van der Waals surface area contributed by atoms with E-state index in [2.05, 4.69) is 36.3 Å². The highest BCUT2D eigenvalue weighted by Gasteiger charge is 2.38. The molecule has 15 nitrogen and oxygen atoms in total. The Hall–Kier alpha value is -5.25. The highest BCUT2D eigenvalue weighted by atomic mass is 35.5. The minimum atomic E-state index is -4.81. The monoisotopic (exact) mass is 661 g/mol. The van der Waals surface area contributed by atoms with E-state index in [1.54, 1.807) is 6.07 Å². The molecule has 0 aliphatic heterocycles. The summed E-state index contributed by atoms with van der Waals surface area (Å²) >= 11 is 6.44. The molecule has 0 fully saturated rings. The fraction of sp³-hybridized carbons (Fsp3) is 0.296. The van der Waals surface area contributed by atoms with E-state index in [4.69, 9.17) is 27.3 Å². The van der Waals surface area contributed by atoms with Crippen molar-refractivity contribution < 1.29 is 32.3 Å². The van der Waals surface area contributed by atoms with Gasteiger partial charge in [0.25, 0.3) is 12.4 Å². The molecular weight excluding hydrogens is 635 g/mol. The lowest BCUT2D eigenvalue weighted by atomic mass is 10.1. The molecule has 4 rings (SSSR count). The number of hydrogen-bond donors (Lipinski definition) is 5. The maximum atomic E-state index is 13.8. The molecule has 0 bridgehead atoms. The number of nitrogens with zero attached hydrogens (tertiary/aromatic N) is 6. The standard InChI is InChI=1S/C27H27ClF3N11O4/c28-21-16(26(45)37-8-7-34-13-20(44)35-6-1-4-32)2-3-18(22(21)46-15-43)39-24-25-38-12-19(42(25)11-9-36-24)17-14-41(10-5-33)40-23(17)27(29,30)31/h2-3,9,11-12,14-15,34H,1,4,6-8,10,13,32H2,(H,35,44)(H,36,39)(H,37,45). The van der Waals surface area contributed by atoms with Crippen LogP contribution in [0.25, 0.3) is 16.9 Å². The number of carbonyl (C=O) groups excluding carboxylic acids is 3. The number of alkyl halides is 3. The number of aromatic nitrogens is 5. The van der Waals surface area contributed by atoms with Crippen molar-refractivity contribution in [2.24, 2.45) is 5.73 Å². The summed E-state index contributed by atoms with van der Waals surface area (Å²) in [5.41, 5.74) is 4.07. The summed E-state index contributed by atoms with van der Waals surface area (Å²) in [7, 11) is 0. The van der Waals surface area contributed by atoms with Crippen molar-refractivity contribution in [2.45, 2.75) is 19.1 Å². The van der Waals surface area contributed by atoms with E-state index in [1.165, 1.54) is 35.1 Å². The van der Waals surface area contributed by atoms with Crippen molar-refractivity contribution in [2.75, 3.05) is 38.0 Å². The van der Waals surface area contributed by atoms with Gasteiger partial charge in [-0.15, -0.1) is 0 Å². The van der Waals surface area contributed by atoms with Crippen molar-refractivity contribution in [1.29, 1.82) is 5.26 Å². The molecule has 0 spiro atoms. The Labute approximate surface area is 263 Å². The number of halogens is 4. The van der Waals surface area contributed by atoms with Crippen molar-refractivity contribution in [3.63, 3.8) is 0 Å². The van der Waals surface area contributed by atoms with Crippen LogP contribution in [0.5, 0.6) is 5.75 Å². The number of nitrogens with two attached hydrogens (primary N) is 1. The molecule has 3 heterocycles. The number of ether oxygens (including phenoxy) is 1. The van der Waals surface area contributed by atoms with Gasteiger partial charge in [0.2, 0.25) is 5.91 Å². The average Bonchev–Trinajstić information content (AvgIpc) is 3.64. The van der Waals surface area contributed by atoms with E-state index in [0.717, 1.165) is 10.9 Å². The van der Waals surface area contributed by atoms with E-state index in [-0.39, 0.29) is 76.8 Å². The molecule has 0 atom stereocenters. The zero-order chi connectivity index (χ0) is 33.3.